The van der Waals surface area contributed by atoms with E-state index in [0.29, 0.717) is 0 Å². The summed E-state index contributed by atoms with van der Waals surface area (Å²) in [7, 11) is -15.4. The summed E-state index contributed by atoms with van der Waals surface area (Å²) in [6.45, 7) is -2.03. The van der Waals surface area contributed by atoms with Gasteiger partial charge in [0.15, 0.2) is 52.2 Å². The monoisotopic (exact) mass is 1110 g/mol. The van der Waals surface area contributed by atoms with Crippen molar-refractivity contribution in [3.8, 4) is 0 Å². The number of nitrogen functional groups attached to an aromatic ring is 3. The van der Waals surface area contributed by atoms with Gasteiger partial charge in [0.2, 0.25) is 17.8 Å². The lowest BCUT2D eigenvalue weighted by Gasteiger charge is -2.37. The van der Waals surface area contributed by atoms with Crippen molar-refractivity contribution in [2.24, 2.45) is 14.1 Å². The SMILES string of the molecule is Cn1c(N)nc2c(ncn2[C@@H]2O[C@H](CO)C(O)[C@@H]2O)c1=O.Cn1c(N)nc2c(ncn2[C@@H]2O[C@H](COP(=O)([O-])OP(=O)([O-])OP(=O)([O-])[O-])C(O)[C@@H]2O)c1=O.Nc1nc2c(ncn2[C@@H]2O[C@H](CO)C(O)[C@@H]2O)c(=O)[nH]1. The number of ether oxygens (including phenoxy) is 3. The van der Waals surface area contributed by atoms with Crippen LogP contribution >= 0.6 is 23.5 Å². The van der Waals surface area contributed by atoms with Crippen LogP contribution in [0.3, 0.4) is 0 Å². The number of aromatic amines is 1. The average molecular weight is 1110 g/mol. The molecule has 42 heteroatoms. The molecular weight excluding hydrogens is 1070 g/mol. The number of fused-ring (bicyclic) bond motifs is 3. The molecule has 0 radical (unpaired) electrons. The number of aliphatic hydroxyl groups excluding tert-OH is 8. The molecule has 6 aromatic rings. The van der Waals surface area contributed by atoms with Crippen molar-refractivity contribution < 1.29 is 101 Å². The Bertz CT molecular complexity index is 3380. The van der Waals surface area contributed by atoms with Crippen LogP contribution in [0.1, 0.15) is 18.7 Å². The molecule has 5 unspecified atom stereocenters. The van der Waals surface area contributed by atoms with Crippen LogP contribution in [-0.2, 0) is 55.1 Å². The standard InChI is InChI=1S/C11H18N5O14P3.C11H15N5O5.C10H13N5O5/c1-15-9(19)5-8(14-11(15)12)16(3-13-5)10-7(18)6(17)4(28-10)2-27-32(23,24)30-33(25,26)29-31(20,21)22;1-15-9(20)5-8(14-11(15)12)16(3-13-5)10-7(19)6(18)4(2-17)21-10;11-10-13-7-4(8(19)14-10)12-2-15(7)9-6(18)5(17)3(1-16)20-9/h3-4,6-7,10,17-18H,2H2,1H3,(H2,12,14)(H,23,24)(H,25,26)(H2,20,21,22);3-4,6-7,10,17-19H,2H2,1H3,(H2,12,14);2-3,5-6,9,16-18H,1H2,(H3,11,13,14,19)/p-4/t2*4-,6?,7+,10-;3-,5?,6+,9-/m111/s1. The molecule has 15 N–H and O–H groups in total. The number of aliphatic hydroxyl groups is 8. The molecule has 0 aromatic carbocycles. The molecule has 0 amide bonds. The van der Waals surface area contributed by atoms with Gasteiger partial charge >= 0.3 is 0 Å². The van der Waals surface area contributed by atoms with Crippen LogP contribution in [0, 0.1) is 0 Å². The molecule has 3 aliphatic heterocycles. The minimum atomic E-state index is -6.17. The summed E-state index contributed by atoms with van der Waals surface area (Å²) in [4.78, 5) is 105. The molecule has 74 heavy (non-hydrogen) atoms. The summed E-state index contributed by atoms with van der Waals surface area (Å²) in [6, 6.07) is 0. The van der Waals surface area contributed by atoms with Crippen molar-refractivity contribution in [3.05, 3.63) is 50.0 Å². The van der Waals surface area contributed by atoms with Crippen LogP contribution in [0.2, 0.25) is 0 Å². The molecule has 0 aliphatic carbocycles. The van der Waals surface area contributed by atoms with Gasteiger partial charge in [-0.05, 0) is 0 Å². The molecule has 408 valence electrons. The van der Waals surface area contributed by atoms with Gasteiger partial charge in [0.25, 0.3) is 32.3 Å². The van der Waals surface area contributed by atoms with E-state index in [0.717, 1.165) is 20.0 Å². The third kappa shape index (κ3) is 11.2. The van der Waals surface area contributed by atoms with Gasteiger partial charge in [-0.3, -0.25) is 55.6 Å². The Morgan fingerprint density at radius 3 is 1.36 bits per heavy atom. The minimum absolute atomic E-state index is 0.0130. The number of H-pyrrole nitrogens is 1. The zero-order valence-electron chi connectivity index (χ0n) is 37.4. The van der Waals surface area contributed by atoms with E-state index in [9.17, 15) is 78.3 Å². The highest BCUT2D eigenvalue weighted by Gasteiger charge is 2.47. The molecule has 39 nitrogen and oxygen atoms in total. The highest BCUT2D eigenvalue weighted by Crippen LogP contribution is 2.60. The first-order valence-electron chi connectivity index (χ1n) is 20.6. The van der Waals surface area contributed by atoms with E-state index in [-0.39, 0.29) is 51.3 Å². The fourth-order valence-corrected chi connectivity index (χ4v) is 10.3. The molecule has 0 bridgehead atoms. The van der Waals surface area contributed by atoms with Crippen molar-refractivity contribution in [1.82, 2.24) is 57.7 Å². The highest BCUT2D eigenvalue weighted by molar-refractivity contribution is 7.64. The van der Waals surface area contributed by atoms with Crippen molar-refractivity contribution in [2.45, 2.75) is 73.6 Å². The summed E-state index contributed by atoms with van der Waals surface area (Å²) in [5, 5.41) is 78.0. The number of phosphoric acid groups is 3. The van der Waals surface area contributed by atoms with E-state index in [1.54, 1.807) is 0 Å². The van der Waals surface area contributed by atoms with E-state index in [4.69, 9.17) is 41.6 Å². The number of hydrogen-bond acceptors (Lipinski definition) is 33. The van der Waals surface area contributed by atoms with Crippen molar-refractivity contribution in [2.75, 3.05) is 37.0 Å². The van der Waals surface area contributed by atoms with Gasteiger partial charge in [0, 0.05) is 14.1 Å². The number of imidazole rings is 3. The third-order valence-electron chi connectivity index (χ3n) is 11.1. The predicted octanol–water partition coefficient (Wildman–Crippen LogP) is -10.2. The number of phosphoric ester groups is 1. The van der Waals surface area contributed by atoms with Gasteiger partial charge in [-0.1, -0.05) is 0 Å². The zero-order chi connectivity index (χ0) is 54.7. The number of aromatic nitrogens is 12. The van der Waals surface area contributed by atoms with Gasteiger partial charge in [-0.15, -0.1) is 0 Å². The van der Waals surface area contributed by atoms with Gasteiger partial charge in [-0.2, -0.15) is 15.0 Å². The maximum atomic E-state index is 12.2. The first kappa shape index (κ1) is 56.2. The summed E-state index contributed by atoms with van der Waals surface area (Å²) in [5.74, 6) is -0.325. The van der Waals surface area contributed by atoms with E-state index in [1.165, 1.54) is 35.9 Å². The van der Waals surface area contributed by atoms with Crippen molar-refractivity contribution >= 4 is 74.8 Å². The second-order valence-corrected chi connectivity index (χ2v) is 20.1. The number of rotatable bonds is 12. The van der Waals surface area contributed by atoms with Gasteiger partial charge < -0.3 is 101 Å². The smallest absolute Gasteiger partial charge is 0.282 e. The topological polar surface area (TPSA) is 608 Å². The van der Waals surface area contributed by atoms with Crippen LogP contribution in [-0.4, -0.2) is 173 Å². The molecule has 3 saturated heterocycles. The van der Waals surface area contributed by atoms with Crippen LogP contribution in [0.25, 0.3) is 33.5 Å². The van der Waals surface area contributed by atoms with Crippen LogP contribution < -0.4 is 53.5 Å². The van der Waals surface area contributed by atoms with Crippen molar-refractivity contribution in [1.29, 1.82) is 0 Å². The third-order valence-corrected chi connectivity index (χ3v) is 14.8. The fourth-order valence-electron chi connectivity index (χ4n) is 7.39. The quantitative estimate of drug-likeness (QED) is 0.0506. The number of nitrogens with one attached hydrogen (secondary N) is 1. The molecule has 0 saturated carbocycles. The molecule has 6 aromatic heterocycles. The maximum Gasteiger partial charge on any atom is 0.282 e. The Morgan fingerprint density at radius 1 is 0.595 bits per heavy atom. The maximum absolute atomic E-state index is 12.2. The summed E-state index contributed by atoms with van der Waals surface area (Å²) in [5.41, 5.74) is 15.3. The van der Waals surface area contributed by atoms with Gasteiger partial charge in [0.05, 0.1) is 46.6 Å². The number of nitrogens with two attached hydrogens (primary N) is 3. The highest BCUT2D eigenvalue weighted by atomic mass is 31.3. The lowest BCUT2D eigenvalue weighted by Crippen LogP contribution is -2.34. The molecule has 9 rings (SSSR count). The Balaban J connectivity index is 0.000000170. The summed E-state index contributed by atoms with van der Waals surface area (Å²) < 4.78 is 65.6. The molecular formula is C32H42N15O24P3-4. The largest absolute Gasteiger partial charge is 0.790 e. The van der Waals surface area contributed by atoms with Crippen LogP contribution in [0.15, 0.2) is 33.4 Å². The van der Waals surface area contributed by atoms with E-state index >= 15 is 0 Å². The minimum Gasteiger partial charge on any atom is -0.790 e. The summed E-state index contributed by atoms with van der Waals surface area (Å²) >= 11 is 0. The number of nitrogens with zero attached hydrogens (tertiary/aromatic N) is 11. The van der Waals surface area contributed by atoms with E-state index in [1.807, 2.05) is 0 Å². The van der Waals surface area contributed by atoms with Crippen LogP contribution in [0.4, 0.5) is 17.8 Å². The predicted molar refractivity (Wildman–Crippen MR) is 230 cm³/mol. The van der Waals surface area contributed by atoms with Crippen LogP contribution in [0.5, 0.6) is 0 Å². The lowest BCUT2D eigenvalue weighted by molar-refractivity contribution is -0.339. The first-order valence-corrected chi connectivity index (χ1v) is 25.0. The molecule has 0 spiro atoms. The molecule has 3 aliphatic rings. The Morgan fingerprint density at radius 2 is 0.973 bits per heavy atom. The normalized spacial score (nSPS) is 28.7. The van der Waals surface area contributed by atoms with E-state index < -0.39 is 134 Å². The first-order chi connectivity index (χ1) is 34.5. The molecule has 9 heterocycles. The zero-order valence-corrected chi connectivity index (χ0v) is 40.1. The average Bonchev–Trinajstić information content (AvgIpc) is 4.17. The number of hydrogen-bond donors (Lipinski definition) is 12. The van der Waals surface area contributed by atoms with Gasteiger partial charge in [-0.25, -0.2) is 19.3 Å². The Kier molecular flexibility index (Phi) is 16.1. The fraction of sp³-hybridized carbons (Fsp3) is 0.531. The Hall–Kier alpha value is -5.58. The second kappa shape index (κ2) is 21.2. The summed E-state index contributed by atoms with van der Waals surface area (Å²) in [6.07, 6.45) is -12.0. The number of anilines is 3. The Labute approximate surface area is 408 Å². The molecule has 14 atom stereocenters. The lowest BCUT2D eigenvalue weighted by atomic mass is 10.1. The van der Waals surface area contributed by atoms with E-state index in [2.05, 4.69) is 48.0 Å². The second-order valence-electron chi connectivity index (χ2n) is 15.9. The van der Waals surface area contributed by atoms with Crippen molar-refractivity contribution in [3.63, 3.8) is 0 Å². The van der Waals surface area contributed by atoms with Gasteiger partial charge in [0.1, 0.15) is 54.9 Å². The molecule has 3 fully saturated rings.